The number of aromatic nitrogens is 3. The van der Waals surface area contributed by atoms with Gasteiger partial charge in [0.2, 0.25) is 5.95 Å². The minimum absolute atomic E-state index is 0.402. The van der Waals surface area contributed by atoms with Gasteiger partial charge in [0.05, 0.1) is 26.5 Å². The monoisotopic (exact) mass is 343 g/mol. The summed E-state index contributed by atoms with van der Waals surface area (Å²) in [5, 5.41) is 11.5. The molecule has 25 heavy (non-hydrogen) atoms. The Balaban J connectivity index is 1.44. The van der Waals surface area contributed by atoms with Crippen molar-refractivity contribution >= 4 is 17.5 Å². The molecule has 0 amide bonds. The predicted octanol–water partition coefficient (Wildman–Crippen LogP) is 1.97. The summed E-state index contributed by atoms with van der Waals surface area (Å²) in [6.07, 6.45) is 3.23. The molecular weight excluding hydrogens is 322 g/mol. The number of nitrogens with one attached hydrogen (secondary N) is 1. The fraction of sp³-hybridized carbons (Fsp3) is 0.471. The molecule has 2 saturated heterocycles. The summed E-state index contributed by atoms with van der Waals surface area (Å²) in [5.74, 6) is 1.64. The van der Waals surface area contributed by atoms with Crippen molar-refractivity contribution in [3.05, 3.63) is 30.5 Å². The van der Waals surface area contributed by atoms with Gasteiger partial charge in [-0.2, -0.15) is 10.1 Å². The number of methoxy groups -OCH3 is 1. The molecule has 0 saturated carbocycles. The molecule has 1 aromatic heterocycles. The Hall–Kier alpha value is -2.45. The molecule has 2 aromatic rings. The molecule has 0 bridgehead atoms. The molecule has 1 aromatic carbocycles. The van der Waals surface area contributed by atoms with E-state index in [-0.39, 0.29) is 0 Å². The van der Waals surface area contributed by atoms with E-state index in [0.29, 0.717) is 25.0 Å². The van der Waals surface area contributed by atoms with Crippen molar-refractivity contribution in [1.82, 2.24) is 15.2 Å². The summed E-state index contributed by atoms with van der Waals surface area (Å²) < 4.78 is 16.8. The summed E-state index contributed by atoms with van der Waals surface area (Å²) >= 11 is 0. The lowest BCUT2D eigenvalue weighted by Gasteiger charge is -2.37. The average molecular weight is 343 g/mol. The van der Waals surface area contributed by atoms with Gasteiger partial charge in [-0.3, -0.25) is 0 Å². The smallest absolute Gasteiger partial charge is 0.247 e. The molecule has 2 aliphatic rings. The Labute approximate surface area is 146 Å². The van der Waals surface area contributed by atoms with Gasteiger partial charge in [0.15, 0.2) is 11.6 Å². The third-order valence-electron chi connectivity index (χ3n) is 4.51. The lowest BCUT2D eigenvalue weighted by Crippen LogP contribution is -2.45. The zero-order valence-electron chi connectivity index (χ0n) is 14.1. The molecular formula is C17H21N5O3. The van der Waals surface area contributed by atoms with Gasteiger partial charge >= 0.3 is 0 Å². The first-order valence-corrected chi connectivity index (χ1v) is 8.40. The summed E-state index contributed by atoms with van der Waals surface area (Å²) in [6, 6.07) is 7.67. The van der Waals surface area contributed by atoms with Gasteiger partial charge in [0.1, 0.15) is 5.75 Å². The number of piperidine rings is 1. The molecule has 2 fully saturated rings. The summed E-state index contributed by atoms with van der Waals surface area (Å²) in [6.45, 7) is 2.92. The van der Waals surface area contributed by atoms with Crippen LogP contribution >= 0.6 is 0 Å². The van der Waals surface area contributed by atoms with Crippen LogP contribution in [0.1, 0.15) is 12.8 Å². The molecule has 0 atom stereocenters. The Morgan fingerprint density at radius 1 is 1.20 bits per heavy atom. The van der Waals surface area contributed by atoms with Gasteiger partial charge in [0, 0.05) is 37.7 Å². The number of hydrogen-bond donors (Lipinski definition) is 1. The second-order valence-electron chi connectivity index (χ2n) is 6.09. The molecule has 8 heteroatoms. The highest BCUT2D eigenvalue weighted by atomic mass is 16.7. The molecule has 4 rings (SSSR count). The number of nitrogens with zero attached hydrogens (tertiary/aromatic N) is 4. The van der Waals surface area contributed by atoms with E-state index in [1.807, 2.05) is 24.3 Å². The van der Waals surface area contributed by atoms with E-state index in [1.165, 1.54) is 0 Å². The van der Waals surface area contributed by atoms with Crippen LogP contribution < -0.4 is 15.0 Å². The lowest BCUT2D eigenvalue weighted by molar-refractivity contribution is -0.169. The van der Waals surface area contributed by atoms with Gasteiger partial charge < -0.3 is 24.4 Å². The van der Waals surface area contributed by atoms with E-state index in [1.54, 1.807) is 13.3 Å². The van der Waals surface area contributed by atoms with Crippen LogP contribution in [0.3, 0.4) is 0 Å². The van der Waals surface area contributed by atoms with Crippen molar-refractivity contribution in [2.75, 3.05) is 43.6 Å². The highest BCUT2D eigenvalue weighted by Crippen LogP contribution is 2.32. The minimum Gasteiger partial charge on any atom is -0.497 e. The van der Waals surface area contributed by atoms with Gasteiger partial charge in [0.25, 0.3) is 0 Å². The number of benzene rings is 1. The van der Waals surface area contributed by atoms with E-state index in [9.17, 15) is 0 Å². The van der Waals surface area contributed by atoms with Crippen LogP contribution in [-0.4, -0.2) is 54.4 Å². The first kappa shape index (κ1) is 16.0. The maximum absolute atomic E-state index is 5.76. The Morgan fingerprint density at radius 3 is 2.76 bits per heavy atom. The van der Waals surface area contributed by atoms with Crippen molar-refractivity contribution in [1.29, 1.82) is 0 Å². The Kier molecular flexibility index (Phi) is 4.37. The fourth-order valence-corrected chi connectivity index (χ4v) is 3.17. The van der Waals surface area contributed by atoms with E-state index in [2.05, 4.69) is 25.4 Å². The zero-order chi connectivity index (χ0) is 17.1. The van der Waals surface area contributed by atoms with E-state index in [0.717, 1.165) is 37.4 Å². The van der Waals surface area contributed by atoms with Crippen molar-refractivity contribution in [3.63, 3.8) is 0 Å². The summed E-state index contributed by atoms with van der Waals surface area (Å²) in [5.41, 5.74) is 0.885. The summed E-state index contributed by atoms with van der Waals surface area (Å²) in [7, 11) is 1.64. The molecule has 8 nitrogen and oxygen atoms in total. The predicted molar refractivity (Wildman–Crippen MR) is 92.2 cm³/mol. The van der Waals surface area contributed by atoms with E-state index >= 15 is 0 Å². The number of rotatable bonds is 4. The third-order valence-corrected chi connectivity index (χ3v) is 4.51. The molecule has 0 aliphatic carbocycles. The van der Waals surface area contributed by atoms with Crippen LogP contribution in [-0.2, 0) is 9.47 Å². The van der Waals surface area contributed by atoms with Crippen molar-refractivity contribution in [3.8, 4) is 5.75 Å². The van der Waals surface area contributed by atoms with Crippen molar-refractivity contribution in [2.45, 2.75) is 18.6 Å². The molecule has 2 aliphatic heterocycles. The van der Waals surface area contributed by atoms with Crippen LogP contribution in [0.2, 0.25) is 0 Å². The van der Waals surface area contributed by atoms with Crippen molar-refractivity contribution in [2.24, 2.45) is 0 Å². The molecule has 1 N–H and O–H groups in total. The quantitative estimate of drug-likeness (QED) is 0.902. The first-order chi connectivity index (χ1) is 12.3. The van der Waals surface area contributed by atoms with Crippen LogP contribution in [0.4, 0.5) is 17.5 Å². The highest BCUT2D eigenvalue weighted by molar-refractivity contribution is 5.58. The highest BCUT2D eigenvalue weighted by Gasteiger charge is 2.40. The number of hydrogen-bond acceptors (Lipinski definition) is 8. The first-order valence-electron chi connectivity index (χ1n) is 8.40. The topological polar surface area (TPSA) is 81.6 Å². The van der Waals surface area contributed by atoms with Crippen LogP contribution in [0.15, 0.2) is 30.5 Å². The standard InChI is InChI=1S/C17H21N5O3/c1-23-14-4-2-3-13(11-14)19-15-12-18-21-16(20-15)22-7-5-17(6-8-22)24-9-10-25-17/h2-4,11-12H,5-10H2,1H3,(H,19,20,21). The van der Waals surface area contributed by atoms with Gasteiger partial charge in [-0.25, -0.2) is 0 Å². The molecule has 3 heterocycles. The molecule has 0 radical (unpaired) electrons. The average Bonchev–Trinajstić information content (AvgIpc) is 3.11. The largest absolute Gasteiger partial charge is 0.497 e. The van der Waals surface area contributed by atoms with Crippen LogP contribution in [0.25, 0.3) is 0 Å². The van der Waals surface area contributed by atoms with Crippen LogP contribution in [0, 0.1) is 0 Å². The second-order valence-corrected chi connectivity index (χ2v) is 6.09. The van der Waals surface area contributed by atoms with E-state index in [4.69, 9.17) is 14.2 Å². The van der Waals surface area contributed by atoms with E-state index < -0.39 is 5.79 Å². The normalized spacial score (nSPS) is 19.2. The molecule has 132 valence electrons. The Bertz CT molecular complexity index is 726. The zero-order valence-corrected chi connectivity index (χ0v) is 14.1. The second kappa shape index (κ2) is 6.81. The number of anilines is 3. The SMILES string of the molecule is COc1cccc(Nc2cnnc(N3CCC4(CC3)OCCO4)n2)c1. The van der Waals surface area contributed by atoms with Gasteiger partial charge in [-0.1, -0.05) is 6.07 Å². The molecule has 1 spiro atoms. The van der Waals surface area contributed by atoms with Gasteiger partial charge in [-0.15, -0.1) is 5.10 Å². The van der Waals surface area contributed by atoms with Crippen LogP contribution in [0.5, 0.6) is 5.75 Å². The summed E-state index contributed by atoms with van der Waals surface area (Å²) in [4.78, 5) is 6.69. The lowest BCUT2D eigenvalue weighted by atomic mass is 10.0. The minimum atomic E-state index is -0.402. The molecule has 0 unspecified atom stereocenters. The van der Waals surface area contributed by atoms with Crippen molar-refractivity contribution < 1.29 is 14.2 Å². The Morgan fingerprint density at radius 2 is 2.00 bits per heavy atom. The number of ether oxygens (including phenoxy) is 3. The fourth-order valence-electron chi connectivity index (χ4n) is 3.17. The maximum Gasteiger partial charge on any atom is 0.247 e. The van der Waals surface area contributed by atoms with Gasteiger partial charge in [-0.05, 0) is 12.1 Å². The maximum atomic E-state index is 5.76. The third kappa shape index (κ3) is 3.49.